The molecule has 2 aromatic rings. The maximum atomic E-state index is 12.0. The Morgan fingerprint density at radius 1 is 1.25 bits per heavy atom. The average Bonchev–Trinajstić information content (AvgIpc) is 2.97. The maximum absolute atomic E-state index is 12.0. The van der Waals surface area contributed by atoms with Crippen LogP contribution >= 0.6 is 0 Å². The van der Waals surface area contributed by atoms with E-state index in [4.69, 9.17) is 0 Å². The first-order valence-corrected chi connectivity index (χ1v) is 7.14. The lowest BCUT2D eigenvalue weighted by Crippen LogP contribution is -2.36. The molecule has 1 amide bonds. The van der Waals surface area contributed by atoms with Crippen LogP contribution in [0.1, 0.15) is 25.7 Å². The molecular weight excluding hydrogens is 254 g/mol. The molecule has 0 saturated carbocycles. The molecule has 20 heavy (non-hydrogen) atoms. The van der Waals surface area contributed by atoms with Crippen LogP contribution in [-0.2, 0) is 4.79 Å². The van der Waals surface area contributed by atoms with Crippen molar-refractivity contribution >= 4 is 17.2 Å². The van der Waals surface area contributed by atoms with Gasteiger partial charge in [0.1, 0.15) is 5.52 Å². The van der Waals surface area contributed by atoms with E-state index >= 15 is 0 Å². The van der Waals surface area contributed by atoms with E-state index in [1.54, 1.807) is 23.1 Å². The highest BCUT2D eigenvalue weighted by atomic mass is 16.2. The van der Waals surface area contributed by atoms with Crippen LogP contribution in [0.2, 0.25) is 0 Å². The number of nitrogens with one attached hydrogen (secondary N) is 1. The summed E-state index contributed by atoms with van der Waals surface area (Å²) in [5.41, 5.74) is 0.929. The highest BCUT2D eigenvalue weighted by Crippen LogP contribution is 2.13. The second-order valence-corrected chi connectivity index (χ2v) is 5.06. The van der Waals surface area contributed by atoms with Crippen molar-refractivity contribution in [3.63, 3.8) is 0 Å². The third-order valence-electron chi connectivity index (χ3n) is 3.66. The number of anilines is 1. The molecule has 1 fully saturated rings. The van der Waals surface area contributed by atoms with Crippen LogP contribution in [0.4, 0.5) is 5.82 Å². The fourth-order valence-electron chi connectivity index (χ4n) is 2.58. The Labute approximate surface area is 117 Å². The summed E-state index contributed by atoms with van der Waals surface area (Å²) >= 11 is 0. The molecule has 106 valence electrons. The van der Waals surface area contributed by atoms with Crippen molar-refractivity contribution in [1.29, 1.82) is 0 Å². The molecule has 1 aliphatic rings. The van der Waals surface area contributed by atoms with Crippen molar-refractivity contribution in [2.24, 2.45) is 0 Å². The predicted molar refractivity (Wildman–Crippen MR) is 76.5 cm³/mol. The van der Waals surface area contributed by atoms with Gasteiger partial charge >= 0.3 is 0 Å². The zero-order valence-corrected chi connectivity index (χ0v) is 11.5. The van der Waals surface area contributed by atoms with Gasteiger partial charge in [-0.15, -0.1) is 0 Å². The van der Waals surface area contributed by atoms with Gasteiger partial charge in [-0.25, -0.2) is 9.50 Å². The molecular formula is C14H19N5O. The summed E-state index contributed by atoms with van der Waals surface area (Å²) in [7, 11) is 0. The topological polar surface area (TPSA) is 62.5 Å². The number of hydrogen-bond acceptors (Lipinski definition) is 4. The fourth-order valence-corrected chi connectivity index (χ4v) is 2.58. The van der Waals surface area contributed by atoms with Crippen LogP contribution in [0.25, 0.3) is 5.52 Å². The predicted octanol–water partition coefficient (Wildman–Crippen LogP) is 1.54. The number of piperidine rings is 1. The highest BCUT2D eigenvalue weighted by molar-refractivity contribution is 5.77. The molecule has 0 atom stereocenters. The Kier molecular flexibility index (Phi) is 3.80. The lowest BCUT2D eigenvalue weighted by Gasteiger charge is -2.26. The standard InChI is InChI=1S/C14H19N5O/c20-13(18-9-2-1-3-10-18)5-6-15-14-12-4-7-17-19(12)11-8-16-14/h4,7-8,11H,1-3,5-6,9-10H2,(H,15,16). The van der Waals surface area contributed by atoms with Gasteiger partial charge in [0.2, 0.25) is 5.91 Å². The minimum Gasteiger partial charge on any atom is -0.368 e. The van der Waals surface area contributed by atoms with E-state index in [2.05, 4.69) is 15.4 Å². The molecule has 6 heteroatoms. The van der Waals surface area contributed by atoms with Gasteiger partial charge in [0.05, 0.1) is 6.20 Å². The average molecular weight is 273 g/mol. The minimum absolute atomic E-state index is 0.234. The molecule has 0 spiro atoms. The van der Waals surface area contributed by atoms with Crippen molar-refractivity contribution in [2.75, 3.05) is 25.0 Å². The van der Waals surface area contributed by atoms with Gasteiger partial charge in [0.15, 0.2) is 5.82 Å². The molecule has 0 bridgehead atoms. The van der Waals surface area contributed by atoms with Crippen molar-refractivity contribution < 1.29 is 4.79 Å². The molecule has 6 nitrogen and oxygen atoms in total. The van der Waals surface area contributed by atoms with Crippen LogP contribution in [0.5, 0.6) is 0 Å². The zero-order chi connectivity index (χ0) is 13.8. The fraction of sp³-hybridized carbons (Fsp3) is 0.500. The van der Waals surface area contributed by atoms with Crippen LogP contribution in [0.15, 0.2) is 24.7 Å². The van der Waals surface area contributed by atoms with Gasteiger partial charge in [-0.05, 0) is 25.3 Å². The first-order valence-electron chi connectivity index (χ1n) is 7.14. The summed E-state index contributed by atoms with van der Waals surface area (Å²) < 4.78 is 1.77. The van der Waals surface area contributed by atoms with Crippen molar-refractivity contribution in [2.45, 2.75) is 25.7 Å². The smallest absolute Gasteiger partial charge is 0.224 e. The van der Waals surface area contributed by atoms with Gasteiger partial charge in [0.25, 0.3) is 0 Å². The van der Waals surface area contributed by atoms with E-state index in [1.165, 1.54) is 6.42 Å². The summed E-state index contributed by atoms with van der Waals surface area (Å²) in [4.78, 5) is 18.3. The first-order chi connectivity index (χ1) is 9.84. The van der Waals surface area contributed by atoms with E-state index in [0.717, 1.165) is 37.3 Å². The summed E-state index contributed by atoms with van der Waals surface area (Å²) in [6.07, 6.45) is 9.27. The Bertz CT molecular complexity index is 588. The van der Waals surface area contributed by atoms with Gasteiger partial charge in [-0.3, -0.25) is 4.79 Å². The Balaban J connectivity index is 1.54. The largest absolute Gasteiger partial charge is 0.368 e. The molecule has 3 heterocycles. The third-order valence-corrected chi connectivity index (χ3v) is 3.66. The molecule has 0 unspecified atom stereocenters. The number of hydrogen-bond donors (Lipinski definition) is 1. The molecule has 0 radical (unpaired) electrons. The SMILES string of the molecule is O=C(CCNc1nccn2nccc12)N1CCCCC1. The summed E-state index contributed by atoms with van der Waals surface area (Å²) in [6, 6.07) is 1.90. The zero-order valence-electron chi connectivity index (χ0n) is 11.5. The van der Waals surface area contributed by atoms with E-state index < -0.39 is 0 Å². The van der Waals surface area contributed by atoms with E-state index in [1.807, 2.05) is 11.0 Å². The first kappa shape index (κ1) is 12.9. The summed E-state index contributed by atoms with van der Waals surface area (Å²) in [5.74, 6) is 1.01. The minimum atomic E-state index is 0.234. The van der Waals surface area contributed by atoms with E-state index in [-0.39, 0.29) is 5.91 Å². The monoisotopic (exact) mass is 273 g/mol. The highest BCUT2D eigenvalue weighted by Gasteiger charge is 2.15. The van der Waals surface area contributed by atoms with E-state index in [0.29, 0.717) is 13.0 Å². The molecule has 3 rings (SSSR count). The van der Waals surface area contributed by atoms with Crippen LogP contribution in [0, 0.1) is 0 Å². The third kappa shape index (κ3) is 2.74. The van der Waals surface area contributed by atoms with Crippen LogP contribution in [0.3, 0.4) is 0 Å². The van der Waals surface area contributed by atoms with E-state index in [9.17, 15) is 4.79 Å². The van der Waals surface area contributed by atoms with Crippen molar-refractivity contribution in [3.05, 3.63) is 24.7 Å². The molecule has 1 saturated heterocycles. The maximum Gasteiger partial charge on any atom is 0.224 e. The number of likely N-dealkylation sites (tertiary alicyclic amines) is 1. The Morgan fingerprint density at radius 3 is 2.95 bits per heavy atom. The summed E-state index contributed by atoms with van der Waals surface area (Å²) in [6.45, 7) is 2.43. The second-order valence-electron chi connectivity index (χ2n) is 5.06. The van der Waals surface area contributed by atoms with Gasteiger partial charge < -0.3 is 10.2 Å². The van der Waals surface area contributed by atoms with Gasteiger partial charge in [-0.2, -0.15) is 5.10 Å². The summed E-state index contributed by atoms with van der Waals surface area (Å²) in [5, 5.41) is 7.38. The molecule has 2 aromatic heterocycles. The number of carbonyl (C=O) groups is 1. The molecule has 1 aliphatic heterocycles. The van der Waals surface area contributed by atoms with Gasteiger partial charge in [-0.1, -0.05) is 0 Å². The van der Waals surface area contributed by atoms with Crippen LogP contribution in [-0.4, -0.2) is 45.0 Å². The number of carbonyl (C=O) groups excluding carboxylic acids is 1. The van der Waals surface area contributed by atoms with Crippen molar-refractivity contribution in [1.82, 2.24) is 19.5 Å². The molecule has 1 N–H and O–H groups in total. The number of nitrogens with zero attached hydrogens (tertiary/aromatic N) is 4. The quantitative estimate of drug-likeness (QED) is 0.918. The Morgan fingerprint density at radius 2 is 2.10 bits per heavy atom. The second kappa shape index (κ2) is 5.90. The number of fused-ring (bicyclic) bond motifs is 1. The number of rotatable bonds is 4. The Hall–Kier alpha value is -2.11. The van der Waals surface area contributed by atoms with Crippen LogP contribution < -0.4 is 5.32 Å². The van der Waals surface area contributed by atoms with Gasteiger partial charge in [0, 0.05) is 38.4 Å². The van der Waals surface area contributed by atoms with Crippen molar-refractivity contribution in [3.8, 4) is 0 Å². The molecule has 0 aromatic carbocycles. The molecule has 0 aliphatic carbocycles. The normalized spacial score (nSPS) is 15.5. The lowest BCUT2D eigenvalue weighted by atomic mass is 10.1. The number of aromatic nitrogens is 3. The number of amides is 1. The lowest BCUT2D eigenvalue weighted by molar-refractivity contribution is -0.131.